The summed E-state index contributed by atoms with van der Waals surface area (Å²) in [6, 6.07) is 2.40. The van der Waals surface area contributed by atoms with E-state index in [2.05, 4.69) is 9.97 Å². The Morgan fingerprint density at radius 1 is 1.08 bits per heavy atom. The van der Waals surface area contributed by atoms with Crippen LogP contribution in [0.4, 0.5) is 50.7 Å². The molecule has 2 aromatic carbocycles. The van der Waals surface area contributed by atoms with Crippen molar-refractivity contribution in [2.45, 2.75) is 75.7 Å². The van der Waals surface area contributed by atoms with Crippen molar-refractivity contribution < 1.29 is 54.2 Å². The minimum atomic E-state index is -5.55. The Balaban J connectivity index is 1.30. The molecule has 0 bridgehead atoms. The molecule has 3 atom stereocenters. The third-order valence-corrected chi connectivity index (χ3v) is 13.0. The van der Waals surface area contributed by atoms with E-state index in [1.807, 2.05) is 4.90 Å². The molecule has 0 aliphatic carbocycles. The summed E-state index contributed by atoms with van der Waals surface area (Å²) >= 11 is 0.514. The van der Waals surface area contributed by atoms with E-state index in [-0.39, 0.29) is 75.4 Å². The number of hydrogen-bond donors (Lipinski definition) is 1. The molecule has 4 aromatic rings. The smallest absolute Gasteiger partial charge is 0.419 e. The first-order valence-corrected chi connectivity index (χ1v) is 20.1. The number of amides is 2. The predicted octanol–water partition coefficient (Wildman–Crippen LogP) is 7.37. The Morgan fingerprint density at radius 3 is 2.50 bits per heavy atom. The largest absolute Gasteiger partial charge is 0.461 e. The number of carbonyl (C=O) groups is 2. The number of hydrogen-bond acceptors (Lipinski definition) is 11. The summed E-state index contributed by atoms with van der Waals surface area (Å²) in [5.41, 5.74) is -2.04. The van der Waals surface area contributed by atoms with E-state index in [0.717, 1.165) is 6.07 Å². The van der Waals surface area contributed by atoms with Gasteiger partial charge in [-0.25, -0.2) is 13.6 Å². The molecule has 8 rings (SSSR count). The maximum Gasteiger partial charge on any atom is 0.419 e. The summed E-state index contributed by atoms with van der Waals surface area (Å²) in [5.74, 6) is -1.52. The number of nitriles is 1. The molecule has 21 heteroatoms. The van der Waals surface area contributed by atoms with Crippen molar-refractivity contribution in [1.29, 1.82) is 5.26 Å². The Bertz CT molecular complexity index is 2430. The molecule has 2 aromatic heterocycles. The van der Waals surface area contributed by atoms with Crippen LogP contribution in [0.5, 0.6) is 6.01 Å². The quantitative estimate of drug-likeness (QED) is 0.179. The van der Waals surface area contributed by atoms with E-state index < -0.39 is 103 Å². The maximum absolute atomic E-state index is 15.8. The second-order valence-corrected chi connectivity index (χ2v) is 16.7. The fourth-order valence-electron chi connectivity index (χ4n) is 9.18. The minimum absolute atomic E-state index is 0.000696. The van der Waals surface area contributed by atoms with Crippen LogP contribution in [0.2, 0.25) is 0 Å². The molecule has 0 spiro atoms. The third-order valence-electron chi connectivity index (χ3n) is 12.0. The number of rotatable bonds is 8. The number of nitrogen functional groups attached to an aromatic ring is 1. The number of nitrogens with zero attached hydrogens (tertiary/aromatic N) is 7. The second-order valence-electron chi connectivity index (χ2n) is 15.6. The molecule has 0 unspecified atom stereocenters. The van der Waals surface area contributed by atoms with Crippen LogP contribution in [0.1, 0.15) is 56.2 Å². The van der Waals surface area contributed by atoms with Crippen LogP contribution < -0.4 is 15.4 Å². The summed E-state index contributed by atoms with van der Waals surface area (Å²) < 4.78 is 134. The first-order chi connectivity index (χ1) is 28.3. The van der Waals surface area contributed by atoms with Gasteiger partial charge in [-0.2, -0.15) is 41.6 Å². The van der Waals surface area contributed by atoms with E-state index in [9.17, 15) is 19.2 Å². The standard InChI is InChI=1S/C39H38F8N8O4S/c1-3-55(21-7-10-52(15-21)36(57)59-22-16-53(17-22)19(2)56)34-24-11-26(38(42,43)44)29(23-5-6-27(41)32-28(23)25(13-48)33(49)60-32)30(39(45,46)47)31(24)50-35(51-34)58-18-37-8-4-9-54(37)14-20(40)12-37/h5-6,11,20-22H,3-4,7-10,12,14-18,49H2,1-2H3/t20-,21+,37+/m1/s1. The van der Waals surface area contributed by atoms with Crippen molar-refractivity contribution in [3.63, 3.8) is 0 Å². The van der Waals surface area contributed by atoms with Crippen LogP contribution in [0.25, 0.3) is 32.1 Å². The van der Waals surface area contributed by atoms with E-state index in [1.165, 1.54) is 21.6 Å². The van der Waals surface area contributed by atoms with Gasteiger partial charge in [0.15, 0.2) is 0 Å². The van der Waals surface area contributed by atoms with Gasteiger partial charge < -0.3 is 29.9 Å². The summed E-state index contributed by atoms with van der Waals surface area (Å²) in [7, 11) is 0. The molecule has 6 heterocycles. The lowest BCUT2D eigenvalue weighted by Crippen LogP contribution is -2.55. The molecule has 4 saturated heterocycles. The van der Waals surface area contributed by atoms with Gasteiger partial charge in [0.05, 0.1) is 45.5 Å². The number of thiophene rings is 1. The minimum Gasteiger partial charge on any atom is -0.461 e. The van der Waals surface area contributed by atoms with E-state index in [1.54, 1.807) is 13.0 Å². The van der Waals surface area contributed by atoms with Gasteiger partial charge >= 0.3 is 24.5 Å². The third kappa shape index (κ3) is 7.14. The molecular weight excluding hydrogens is 829 g/mol. The average Bonchev–Trinajstić information content (AvgIpc) is 3.93. The predicted molar refractivity (Wildman–Crippen MR) is 204 cm³/mol. The lowest BCUT2D eigenvalue weighted by Gasteiger charge is -2.38. The summed E-state index contributed by atoms with van der Waals surface area (Å²) in [5, 5.41) is 8.47. The number of benzene rings is 2. The van der Waals surface area contributed by atoms with Gasteiger partial charge in [0.25, 0.3) is 0 Å². The van der Waals surface area contributed by atoms with E-state index in [0.29, 0.717) is 42.9 Å². The Hall–Kier alpha value is -5.23. The summed E-state index contributed by atoms with van der Waals surface area (Å²) in [4.78, 5) is 39.6. The number of anilines is 2. The zero-order chi connectivity index (χ0) is 43.1. The van der Waals surface area contributed by atoms with Crippen LogP contribution in [-0.2, 0) is 21.9 Å². The van der Waals surface area contributed by atoms with Gasteiger partial charge in [-0.3, -0.25) is 9.69 Å². The van der Waals surface area contributed by atoms with Gasteiger partial charge in [0.1, 0.15) is 41.6 Å². The Kier molecular flexibility index (Phi) is 10.4. The monoisotopic (exact) mass is 866 g/mol. The SMILES string of the molecule is CCN(c1nc(OC[C@@]23CCCN2C[C@H](F)C3)nc2c(C(F)(F)F)c(-c3ccc(F)c4sc(N)c(C#N)c34)c(C(F)(F)F)cc12)[C@H]1CCN(C(=O)OC2CN(C(C)=O)C2)C1. The molecule has 60 heavy (non-hydrogen) atoms. The van der Waals surface area contributed by atoms with Crippen molar-refractivity contribution in [2.75, 3.05) is 63.1 Å². The fraction of sp³-hybridized carbons (Fsp3) is 0.513. The number of fused-ring (bicyclic) bond motifs is 3. The second kappa shape index (κ2) is 15.0. The lowest BCUT2D eigenvalue weighted by molar-refractivity contribution is -0.141. The van der Waals surface area contributed by atoms with Crippen LogP contribution in [-0.4, -0.2) is 113 Å². The van der Waals surface area contributed by atoms with Gasteiger partial charge in [-0.15, -0.1) is 11.3 Å². The van der Waals surface area contributed by atoms with Gasteiger partial charge in [-0.05, 0) is 50.4 Å². The maximum atomic E-state index is 15.8. The number of halogens is 8. The van der Waals surface area contributed by atoms with E-state index >= 15 is 30.7 Å². The van der Waals surface area contributed by atoms with Gasteiger partial charge in [0.2, 0.25) is 5.91 Å². The van der Waals surface area contributed by atoms with Crippen molar-refractivity contribution >= 4 is 55.1 Å². The first kappa shape index (κ1) is 41.5. The van der Waals surface area contributed by atoms with Crippen molar-refractivity contribution in [3.05, 3.63) is 40.7 Å². The highest BCUT2D eigenvalue weighted by atomic mass is 32.1. The highest BCUT2D eigenvalue weighted by molar-refractivity contribution is 7.23. The number of aromatic nitrogens is 2. The van der Waals surface area contributed by atoms with Crippen molar-refractivity contribution in [1.82, 2.24) is 24.7 Å². The van der Waals surface area contributed by atoms with Gasteiger partial charge in [-0.1, -0.05) is 6.07 Å². The molecule has 4 aliphatic rings. The summed E-state index contributed by atoms with van der Waals surface area (Å²) in [6.45, 7) is 4.02. The number of nitrogens with two attached hydrogens (primary N) is 1. The zero-order valence-electron chi connectivity index (χ0n) is 32.2. The highest BCUT2D eigenvalue weighted by Crippen LogP contribution is 2.52. The lowest BCUT2D eigenvalue weighted by atomic mass is 9.88. The van der Waals surface area contributed by atoms with Crippen molar-refractivity contribution in [3.8, 4) is 23.2 Å². The number of likely N-dealkylation sites (N-methyl/N-ethyl adjacent to an activating group) is 1. The molecule has 4 aliphatic heterocycles. The molecule has 12 nitrogen and oxygen atoms in total. The van der Waals surface area contributed by atoms with Gasteiger partial charge in [0, 0.05) is 61.9 Å². The Morgan fingerprint density at radius 2 is 1.83 bits per heavy atom. The molecule has 0 radical (unpaired) electrons. The molecule has 0 saturated carbocycles. The topological polar surface area (TPSA) is 141 Å². The van der Waals surface area contributed by atoms with Crippen LogP contribution in [0.15, 0.2) is 18.2 Å². The fourth-order valence-corrected chi connectivity index (χ4v) is 10.1. The van der Waals surface area contributed by atoms with E-state index in [4.69, 9.17) is 15.2 Å². The first-order valence-electron chi connectivity index (χ1n) is 19.3. The molecule has 320 valence electrons. The van der Waals surface area contributed by atoms with Crippen LogP contribution in [0.3, 0.4) is 0 Å². The summed E-state index contributed by atoms with van der Waals surface area (Å²) in [6.07, 6.45) is -11.9. The number of ether oxygens (including phenoxy) is 2. The number of carbonyl (C=O) groups excluding carboxylic acids is 2. The average molecular weight is 867 g/mol. The molecule has 2 N–H and O–H groups in total. The molecular formula is C39H38F8N8O4S. The number of alkyl halides is 7. The molecule has 4 fully saturated rings. The Labute approximate surface area is 341 Å². The van der Waals surface area contributed by atoms with Crippen LogP contribution >= 0.6 is 11.3 Å². The normalized spacial score (nSPS) is 22.4. The number of likely N-dealkylation sites (tertiary alicyclic amines) is 2. The van der Waals surface area contributed by atoms with Crippen LogP contribution in [0, 0.1) is 17.1 Å². The highest BCUT2D eigenvalue weighted by Gasteiger charge is 2.50. The zero-order valence-corrected chi connectivity index (χ0v) is 33.0. The van der Waals surface area contributed by atoms with Crippen molar-refractivity contribution in [2.24, 2.45) is 0 Å². The molecule has 2 amide bonds.